The zero-order valence-electron chi connectivity index (χ0n) is 11.2. The third kappa shape index (κ3) is 2.69. The first-order valence-electron chi connectivity index (χ1n) is 6.15. The molecule has 6 nitrogen and oxygen atoms in total. The summed E-state index contributed by atoms with van der Waals surface area (Å²) in [6, 6.07) is 9.16. The maximum atomic E-state index is 12.1. The number of carbonyl (C=O) groups is 1. The Labute approximate surface area is 115 Å². The van der Waals surface area contributed by atoms with Gasteiger partial charge in [0.1, 0.15) is 5.56 Å². The lowest BCUT2D eigenvalue weighted by atomic mass is 10.1. The van der Waals surface area contributed by atoms with Crippen LogP contribution in [0.5, 0.6) is 0 Å². The van der Waals surface area contributed by atoms with Crippen LogP contribution < -0.4 is 16.6 Å². The molecular formula is C14H15N3O3. The van der Waals surface area contributed by atoms with E-state index in [1.807, 2.05) is 37.3 Å². The summed E-state index contributed by atoms with van der Waals surface area (Å²) in [6.07, 6.45) is 1.14. The minimum absolute atomic E-state index is 0.0881. The highest BCUT2D eigenvalue weighted by atomic mass is 16.2. The number of benzene rings is 1. The maximum absolute atomic E-state index is 12.1. The van der Waals surface area contributed by atoms with Crippen LogP contribution in [0, 0.1) is 0 Å². The van der Waals surface area contributed by atoms with Crippen LogP contribution in [0.15, 0.2) is 46.1 Å². The molecule has 0 spiro atoms. The Morgan fingerprint density at radius 3 is 2.55 bits per heavy atom. The van der Waals surface area contributed by atoms with Crippen molar-refractivity contribution in [1.29, 1.82) is 0 Å². The Kier molecular flexibility index (Phi) is 3.84. The number of H-pyrrole nitrogens is 1. The van der Waals surface area contributed by atoms with E-state index in [1.165, 1.54) is 7.05 Å². The summed E-state index contributed by atoms with van der Waals surface area (Å²) < 4.78 is 0.863. The largest absolute Gasteiger partial charge is 0.345 e. The minimum atomic E-state index is -0.619. The van der Waals surface area contributed by atoms with Gasteiger partial charge < -0.3 is 10.3 Å². The normalized spacial score (nSPS) is 11.9. The lowest BCUT2D eigenvalue weighted by Crippen LogP contribution is -2.39. The highest BCUT2D eigenvalue weighted by Crippen LogP contribution is 2.11. The van der Waals surface area contributed by atoms with Crippen LogP contribution in [-0.4, -0.2) is 15.5 Å². The minimum Gasteiger partial charge on any atom is -0.345 e. The predicted molar refractivity (Wildman–Crippen MR) is 74.6 cm³/mol. The molecule has 1 aromatic carbocycles. The Balaban J connectivity index is 2.24. The Morgan fingerprint density at radius 2 is 1.90 bits per heavy atom. The second-order valence-electron chi connectivity index (χ2n) is 4.48. The molecule has 0 aliphatic carbocycles. The summed E-state index contributed by atoms with van der Waals surface area (Å²) in [5.41, 5.74) is -0.328. The van der Waals surface area contributed by atoms with Gasteiger partial charge in [-0.1, -0.05) is 30.3 Å². The molecule has 0 aliphatic heterocycles. The molecule has 0 saturated carbocycles. The average molecular weight is 273 g/mol. The quantitative estimate of drug-likeness (QED) is 0.857. The molecule has 2 aromatic rings. The molecular weight excluding hydrogens is 258 g/mol. The van der Waals surface area contributed by atoms with Gasteiger partial charge in [0.25, 0.3) is 11.5 Å². The van der Waals surface area contributed by atoms with Crippen molar-refractivity contribution in [2.45, 2.75) is 13.0 Å². The van der Waals surface area contributed by atoms with E-state index in [-0.39, 0.29) is 11.6 Å². The molecule has 0 fully saturated rings. The fourth-order valence-corrected chi connectivity index (χ4v) is 1.83. The van der Waals surface area contributed by atoms with Crippen molar-refractivity contribution in [3.8, 4) is 0 Å². The van der Waals surface area contributed by atoms with Gasteiger partial charge in [0.2, 0.25) is 0 Å². The molecule has 20 heavy (non-hydrogen) atoms. The summed E-state index contributed by atoms with van der Waals surface area (Å²) in [7, 11) is 1.32. The van der Waals surface area contributed by atoms with Gasteiger partial charge in [-0.15, -0.1) is 0 Å². The Bertz CT molecular complexity index is 731. The van der Waals surface area contributed by atoms with Crippen LogP contribution in [0.3, 0.4) is 0 Å². The molecule has 2 rings (SSSR count). The van der Waals surface area contributed by atoms with Gasteiger partial charge in [0.15, 0.2) is 0 Å². The number of carbonyl (C=O) groups excluding carboxylic acids is 1. The van der Waals surface area contributed by atoms with E-state index in [0.717, 1.165) is 16.3 Å². The van der Waals surface area contributed by atoms with Gasteiger partial charge in [-0.3, -0.25) is 14.2 Å². The first-order chi connectivity index (χ1) is 9.50. The Morgan fingerprint density at radius 1 is 1.25 bits per heavy atom. The number of hydrogen-bond donors (Lipinski definition) is 2. The second kappa shape index (κ2) is 5.56. The van der Waals surface area contributed by atoms with Gasteiger partial charge in [0.05, 0.1) is 6.04 Å². The van der Waals surface area contributed by atoms with E-state index >= 15 is 0 Å². The molecule has 1 unspecified atom stereocenters. The molecule has 104 valence electrons. The summed E-state index contributed by atoms with van der Waals surface area (Å²) in [5.74, 6) is -0.516. The van der Waals surface area contributed by atoms with Crippen molar-refractivity contribution in [2.24, 2.45) is 7.05 Å². The molecule has 1 amide bonds. The van der Waals surface area contributed by atoms with Crippen molar-refractivity contribution in [2.75, 3.05) is 0 Å². The average Bonchev–Trinajstić information content (AvgIpc) is 2.45. The zero-order chi connectivity index (χ0) is 14.7. The molecule has 2 N–H and O–H groups in total. The molecule has 0 saturated heterocycles. The summed E-state index contributed by atoms with van der Waals surface area (Å²) in [6.45, 7) is 1.82. The predicted octanol–water partition coefficient (Wildman–Crippen LogP) is 0.565. The molecule has 1 aromatic heterocycles. The summed E-state index contributed by atoms with van der Waals surface area (Å²) >= 11 is 0. The highest BCUT2D eigenvalue weighted by molar-refractivity contribution is 5.93. The second-order valence-corrected chi connectivity index (χ2v) is 4.48. The topological polar surface area (TPSA) is 84.0 Å². The van der Waals surface area contributed by atoms with Crippen LogP contribution >= 0.6 is 0 Å². The molecule has 0 bridgehead atoms. The fraction of sp³-hybridized carbons (Fsp3) is 0.214. The van der Waals surface area contributed by atoms with Crippen LogP contribution in [0.1, 0.15) is 28.9 Å². The van der Waals surface area contributed by atoms with Crippen molar-refractivity contribution in [3.63, 3.8) is 0 Å². The number of aromatic nitrogens is 2. The van der Waals surface area contributed by atoms with Gasteiger partial charge in [-0.2, -0.15) is 0 Å². The third-order valence-electron chi connectivity index (χ3n) is 3.07. The maximum Gasteiger partial charge on any atom is 0.328 e. The van der Waals surface area contributed by atoms with Crippen molar-refractivity contribution in [3.05, 3.63) is 68.5 Å². The third-order valence-corrected chi connectivity index (χ3v) is 3.07. The van der Waals surface area contributed by atoms with Crippen LogP contribution in [0.4, 0.5) is 0 Å². The smallest absolute Gasteiger partial charge is 0.328 e. The monoisotopic (exact) mass is 273 g/mol. The molecule has 6 heteroatoms. The van der Waals surface area contributed by atoms with Crippen molar-refractivity contribution < 1.29 is 4.79 Å². The van der Waals surface area contributed by atoms with E-state index in [2.05, 4.69) is 10.3 Å². The standard InChI is InChI=1S/C14H15N3O3/c1-9(10-6-4-3-5-7-10)16-12(18)11-8-15-14(20)17(2)13(11)19/h3-9H,1-2H3,(H,15,20)(H,16,18). The van der Waals surface area contributed by atoms with E-state index in [1.54, 1.807) is 0 Å². The summed E-state index contributed by atoms with van der Waals surface area (Å²) in [5, 5.41) is 2.73. The summed E-state index contributed by atoms with van der Waals surface area (Å²) in [4.78, 5) is 37.5. The number of nitrogens with zero attached hydrogens (tertiary/aromatic N) is 1. The molecule has 1 heterocycles. The number of hydrogen-bond acceptors (Lipinski definition) is 3. The van der Waals surface area contributed by atoms with Gasteiger partial charge in [0, 0.05) is 13.2 Å². The Hall–Kier alpha value is -2.63. The first-order valence-corrected chi connectivity index (χ1v) is 6.15. The van der Waals surface area contributed by atoms with Gasteiger partial charge in [-0.25, -0.2) is 4.79 Å². The molecule has 1 atom stereocenters. The lowest BCUT2D eigenvalue weighted by molar-refractivity contribution is 0.0937. The molecule has 0 aliphatic rings. The number of amides is 1. The number of nitrogens with one attached hydrogen (secondary N) is 2. The SMILES string of the molecule is CC(NC(=O)c1c[nH]c(=O)n(C)c1=O)c1ccccc1. The van der Waals surface area contributed by atoms with E-state index in [9.17, 15) is 14.4 Å². The number of rotatable bonds is 3. The van der Waals surface area contributed by atoms with Crippen molar-refractivity contribution >= 4 is 5.91 Å². The number of aromatic amines is 1. The van der Waals surface area contributed by atoms with Gasteiger partial charge >= 0.3 is 5.69 Å². The first kappa shape index (κ1) is 13.8. The van der Waals surface area contributed by atoms with Crippen LogP contribution in [0.25, 0.3) is 0 Å². The zero-order valence-corrected chi connectivity index (χ0v) is 11.2. The highest BCUT2D eigenvalue weighted by Gasteiger charge is 2.15. The van der Waals surface area contributed by atoms with Gasteiger partial charge in [-0.05, 0) is 12.5 Å². The van der Waals surface area contributed by atoms with Crippen LogP contribution in [-0.2, 0) is 7.05 Å². The van der Waals surface area contributed by atoms with Crippen molar-refractivity contribution in [1.82, 2.24) is 14.9 Å². The van der Waals surface area contributed by atoms with E-state index in [4.69, 9.17) is 0 Å². The van der Waals surface area contributed by atoms with E-state index < -0.39 is 17.2 Å². The van der Waals surface area contributed by atoms with E-state index in [0.29, 0.717) is 0 Å². The fourth-order valence-electron chi connectivity index (χ4n) is 1.83. The molecule has 0 radical (unpaired) electrons. The van der Waals surface area contributed by atoms with Crippen LogP contribution in [0.2, 0.25) is 0 Å². The lowest BCUT2D eigenvalue weighted by Gasteiger charge is -2.14.